The molecule has 0 amide bonds. The molecule has 0 aliphatic carbocycles. The van der Waals surface area contributed by atoms with Crippen LogP contribution in [0, 0.1) is 0 Å². The lowest BCUT2D eigenvalue weighted by atomic mass is 10.3. The Labute approximate surface area is 77.7 Å². The van der Waals surface area contributed by atoms with Crippen LogP contribution in [0.3, 0.4) is 0 Å². The molecule has 0 aliphatic heterocycles. The van der Waals surface area contributed by atoms with Crippen molar-refractivity contribution < 1.29 is 4.74 Å². The Kier molecular flexibility index (Phi) is 4.71. The van der Waals surface area contributed by atoms with Crippen molar-refractivity contribution in [2.24, 2.45) is 34.4 Å². The van der Waals surface area contributed by atoms with Gasteiger partial charge in [0.05, 0.1) is 13.2 Å². The maximum atomic E-state index is 5.30. The zero-order valence-corrected chi connectivity index (χ0v) is 7.70. The van der Waals surface area contributed by atoms with Crippen LogP contribution in [0.25, 0.3) is 0 Å². The van der Waals surface area contributed by atoms with E-state index in [0.717, 1.165) is 0 Å². The summed E-state index contributed by atoms with van der Waals surface area (Å²) in [7, 11) is 0. The standard InChI is InChI=1S/C6H20N6O/c7-5(8,9)1-3-13-4-2-6(10,11)12/h1-4,7-12H2. The van der Waals surface area contributed by atoms with E-state index in [4.69, 9.17) is 39.1 Å². The van der Waals surface area contributed by atoms with Crippen LogP contribution in [0.5, 0.6) is 0 Å². The summed E-state index contributed by atoms with van der Waals surface area (Å²) in [5.41, 5.74) is 31.8. The van der Waals surface area contributed by atoms with Crippen molar-refractivity contribution in [3.8, 4) is 0 Å². The monoisotopic (exact) mass is 192 g/mol. The van der Waals surface area contributed by atoms with E-state index >= 15 is 0 Å². The first-order valence-electron chi connectivity index (χ1n) is 4.02. The first kappa shape index (κ1) is 12.7. The molecule has 0 unspecified atom stereocenters. The van der Waals surface area contributed by atoms with Crippen LogP contribution >= 0.6 is 0 Å². The minimum atomic E-state index is -1.19. The summed E-state index contributed by atoms with van der Waals surface area (Å²) in [5, 5.41) is 0. The Balaban J connectivity index is 3.28. The van der Waals surface area contributed by atoms with Gasteiger partial charge in [-0.1, -0.05) is 0 Å². The van der Waals surface area contributed by atoms with Gasteiger partial charge in [0.15, 0.2) is 0 Å². The second kappa shape index (κ2) is 4.82. The predicted molar refractivity (Wildman–Crippen MR) is 50.6 cm³/mol. The number of rotatable bonds is 6. The van der Waals surface area contributed by atoms with Crippen LogP contribution in [0.15, 0.2) is 0 Å². The third kappa shape index (κ3) is 11.7. The van der Waals surface area contributed by atoms with E-state index in [-0.39, 0.29) is 0 Å². The molecule has 0 heterocycles. The molecule has 0 aromatic heterocycles. The quantitative estimate of drug-likeness (QED) is 0.191. The Bertz CT molecular complexity index is 121. The fourth-order valence-electron chi connectivity index (χ4n) is 0.600. The normalized spacial score (nSPS) is 13.4. The van der Waals surface area contributed by atoms with E-state index in [2.05, 4.69) is 0 Å². The zero-order chi connectivity index (χ0) is 10.5. The molecule has 0 saturated carbocycles. The number of hydrogen-bond donors (Lipinski definition) is 6. The van der Waals surface area contributed by atoms with Crippen molar-refractivity contribution in [2.75, 3.05) is 13.2 Å². The van der Waals surface area contributed by atoms with Gasteiger partial charge < -0.3 is 39.1 Å². The van der Waals surface area contributed by atoms with Crippen LogP contribution in [0.1, 0.15) is 12.8 Å². The lowest BCUT2D eigenvalue weighted by molar-refractivity contribution is 0.100. The lowest BCUT2D eigenvalue weighted by Gasteiger charge is -2.20. The molecule has 0 bridgehead atoms. The third-order valence-electron chi connectivity index (χ3n) is 1.36. The summed E-state index contributed by atoms with van der Waals surface area (Å²) in [6.45, 7) is 0.721. The number of ether oxygens (including phenoxy) is 1. The Morgan fingerprint density at radius 1 is 0.692 bits per heavy atom. The summed E-state index contributed by atoms with van der Waals surface area (Å²) in [4.78, 5) is 0. The molecular formula is C6H20N6O. The molecule has 12 N–H and O–H groups in total. The summed E-state index contributed by atoms with van der Waals surface area (Å²) < 4.78 is 5.11. The highest BCUT2D eigenvalue weighted by Gasteiger charge is 2.13. The molecule has 0 fully saturated rings. The third-order valence-corrected chi connectivity index (χ3v) is 1.36. The number of nitrogens with two attached hydrogens (primary N) is 6. The average molecular weight is 192 g/mol. The second-order valence-electron chi connectivity index (χ2n) is 3.34. The highest BCUT2D eigenvalue weighted by molar-refractivity contribution is 4.68. The van der Waals surface area contributed by atoms with Crippen molar-refractivity contribution in [3.63, 3.8) is 0 Å². The van der Waals surface area contributed by atoms with Gasteiger partial charge in [0.2, 0.25) is 0 Å². The SMILES string of the molecule is NC(N)(N)CCOCCC(N)(N)N. The molecule has 0 aromatic carbocycles. The summed E-state index contributed by atoms with van der Waals surface area (Å²) in [5.74, 6) is -2.38. The van der Waals surface area contributed by atoms with Gasteiger partial charge in [-0.15, -0.1) is 0 Å². The van der Waals surface area contributed by atoms with Gasteiger partial charge in [-0.25, -0.2) is 0 Å². The van der Waals surface area contributed by atoms with Crippen molar-refractivity contribution in [1.29, 1.82) is 0 Å². The topological polar surface area (TPSA) is 165 Å². The highest BCUT2D eigenvalue weighted by Crippen LogP contribution is 1.93. The number of hydrogen-bond acceptors (Lipinski definition) is 7. The van der Waals surface area contributed by atoms with Crippen molar-refractivity contribution in [2.45, 2.75) is 24.4 Å². The van der Waals surface area contributed by atoms with E-state index < -0.39 is 11.6 Å². The van der Waals surface area contributed by atoms with Crippen molar-refractivity contribution >= 4 is 0 Å². The Morgan fingerprint density at radius 3 is 1.23 bits per heavy atom. The maximum Gasteiger partial charge on any atom is 0.118 e. The van der Waals surface area contributed by atoms with E-state index in [0.29, 0.717) is 26.1 Å². The van der Waals surface area contributed by atoms with E-state index in [1.807, 2.05) is 0 Å². The van der Waals surface area contributed by atoms with Crippen LogP contribution in [0.4, 0.5) is 0 Å². The molecule has 0 aromatic rings. The smallest absolute Gasteiger partial charge is 0.118 e. The van der Waals surface area contributed by atoms with Gasteiger partial charge in [0.1, 0.15) is 11.6 Å². The molecule has 80 valence electrons. The molecule has 0 saturated heterocycles. The minimum Gasteiger partial charge on any atom is -0.381 e. The molecule has 13 heavy (non-hydrogen) atoms. The highest BCUT2D eigenvalue weighted by atomic mass is 16.5. The average Bonchev–Trinajstić information content (AvgIpc) is 1.81. The first-order valence-corrected chi connectivity index (χ1v) is 4.02. The molecule has 0 rings (SSSR count). The predicted octanol–water partition coefficient (Wildman–Crippen LogP) is -3.16. The minimum absolute atomic E-state index is 0.361. The second-order valence-corrected chi connectivity index (χ2v) is 3.34. The summed E-state index contributed by atoms with van der Waals surface area (Å²) in [6, 6.07) is 0. The summed E-state index contributed by atoms with van der Waals surface area (Å²) in [6.07, 6.45) is 0.722. The molecular weight excluding hydrogens is 172 g/mol. The van der Waals surface area contributed by atoms with Crippen LogP contribution in [0.2, 0.25) is 0 Å². The largest absolute Gasteiger partial charge is 0.381 e. The molecule has 0 atom stereocenters. The molecule has 0 aliphatic rings. The molecule has 7 heteroatoms. The zero-order valence-electron chi connectivity index (χ0n) is 7.70. The van der Waals surface area contributed by atoms with E-state index in [1.54, 1.807) is 0 Å². The van der Waals surface area contributed by atoms with Gasteiger partial charge in [-0.2, -0.15) is 0 Å². The lowest BCUT2D eigenvalue weighted by Crippen LogP contribution is -2.59. The van der Waals surface area contributed by atoms with Crippen LogP contribution in [-0.4, -0.2) is 24.8 Å². The molecule has 7 nitrogen and oxygen atoms in total. The van der Waals surface area contributed by atoms with Gasteiger partial charge in [0.25, 0.3) is 0 Å². The van der Waals surface area contributed by atoms with Crippen molar-refractivity contribution in [3.05, 3.63) is 0 Å². The van der Waals surface area contributed by atoms with E-state index in [1.165, 1.54) is 0 Å². The fraction of sp³-hybridized carbons (Fsp3) is 1.00. The van der Waals surface area contributed by atoms with Gasteiger partial charge in [-0.05, 0) is 0 Å². The van der Waals surface area contributed by atoms with Crippen molar-refractivity contribution in [1.82, 2.24) is 0 Å². The summed E-state index contributed by atoms with van der Waals surface area (Å²) >= 11 is 0. The van der Waals surface area contributed by atoms with Gasteiger partial charge >= 0.3 is 0 Å². The first-order chi connectivity index (χ1) is 5.71. The van der Waals surface area contributed by atoms with Crippen LogP contribution in [-0.2, 0) is 4.74 Å². The van der Waals surface area contributed by atoms with Gasteiger partial charge in [-0.3, -0.25) is 0 Å². The van der Waals surface area contributed by atoms with Gasteiger partial charge in [0, 0.05) is 12.8 Å². The fourth-order valence-corrected chi connectivity index (χ4v) is 0.600. The molecule has 0 radical (unpaired) electrons. The molecule has 0 spiro atoms. The Hall–Kier alpha value is -0.280. The van der Waals surface area contributed by atoms with E-state index in [9.17, 15) is 0 Å². The van der Waals surface area contributed by atoms with Crippen LogP contribution < -0.4 is 34.4 Å². The Morgan fingerprint density at radius 2 is 1.00 bits per heavy atom. The maximum absolute atomic E-state index is 5.30.